The van der Waals surface area contributed by atoms with Gasteiger partial charge in [-0.2, -0.15) is 0 Å². The zero-order chi connectivity index (χ0) is 14.0. The monoisotopic (exact) mass is 269 g/mol. The summed E-state index contributed by atoms with van der Waals surface area (Å²) >= 11 is 0. The Kier molecular flexibility index (Phi) is 3.92. The summed E-state index contributed by atoms with van der Waals surface area (Å²) in [5, 5.41) is 8.94. The Hall–Kier alpha value is -1.79. The van der Waals surface area contributed by atoms with Gasteiger partial charge in [0.1, 0.15) is 6.04 Å². The molecule has 0 bridgehead atoms. The molecule has 106 valence electrons. The lowest BCUT2D eigenvalue weighted by Crippen LogP contribution is -2.54. The van der Waals surface area contributed by atoms with Gasteiger partial charge in [-0.3, -0.25) is 9.59 Å². The summed E-state index contributed by atoms with van der Waals surface area (Å²) in [4.78, 5) is 37.6. The van der Waals surface area contributed by atoms with Crippen LogP contribution >= 0.6 is 0 Å². The number of carbonyl (C=O) groups excluding carboxylic acids is 2. The van der Waals surface area contributed by atoms with E-state index in [1.54, 1.807) is 0 Å². The van der Waals surface area contributed by atoms with Crippen molar-refractivity contribution in [3.63, 3.8) is 0 Å². The normalized spacial score (nSPS) is 27.4. The molecule has 0 aromatic rings. The molecule has 0 aromatic carbocycles. The van der Waals surface area contributed by atoms with Crippen LogP contribution in [0.1, 0.15) is 25.7 Å². The third kappa shape index (κ3) is 2.80. The lowest BCUT2D eigenvalue weighted by Gasteiger charge is -2.36. The van der Waals surface area contributed by atoms with Crippen LogP contribution in [0.5, 0.6) is 0 Å². The molecule has 0 spiro atoms. The lowest BCUT2D eigenvalue weighted by atomic mass is 10.0. The van der Waals surface area contributed by atoms with E-state index < -0.39 is 23.8 Å². The fourth-order valence-electron chi connectivity index (χ4n) is 2.77. The molecular formula is C12H19N3O4. The van der Waals surface area contributed by atoms with E-state index in [9.17, 15) is 14.4 Å². The number of nitrogens with two attached hydrogens (primary N) is 1. The van der Waals surface area contributed by atoms with Crippen molar-refractivity contribution in [2.45, 2.75) is 31.7 Å². The van der Waals surface area contributed by atoms with Crippen molar-refractivity contribution in [3.8, 4) is 0 Å². The number of rotatable bonds is 2. The average molecular weight is 269 g/mol. The van der Waals surface area contributed by atoms with E-state index in [4.69, 9.17) is 10.8 Å². The summed E-state index contributed by atoms with van der Waals surface area (Å²) in [7, 11) is 0. The molecule has 0 aromatic heterocycles. The predicted molar refractivity (Wildman–Crippen MR) is 66.3 cm³/mol. The van der Waals surface area contributed by atoms with E-state index in [1.807, 2.05) is 0 Å². The Morgan fingerprint density at radius 2 is 1.84 bits per heavy atom. The van der Waals surface area contributed by atoms with E-state index in [1.165, 1.54) is 9.80 Å². The predicted octanol–water partition coefficient (Wildman–Crippen LogP) is -0.147. The molecule has 2 atom stereocenters. The SMILES string of the molecule is NC(=O)C1CCCCN1C(=O)N1CCC(C(=O)O)C1. The van der Waals surface area contributed by atoms with Crippen LogP contribution in [0.2, 0.25) is 0 Å². The van der Waals surface area contributed by atoms with Crippen LogP contribution in [-0.2, 0) is 9.59 Å². The molecule has 0 saturated carbocycles. The molecule has 2 heterocycles. The quantitative estimate of drug-likeness (QED) is 0.727. The van der Waals surface area contributed by atoms with Gasteiger partial charge in [0.25, 0.3) is 0 Å². The van der Waals surface area contributed by atoms with Gasteiger partial charge >= 0.3 is 12.0 Å². The van der Waals surface area contributed by atoms with Crippen molar-refractivity contribution in [2.24, 2.45) is 11.7 Å². The number of hydrogen-bond acceptors (Lipinski definition) is 3. The maximum absolute atomic E-state index is 12.3. The summed E-state index contributed by atoms with van der Waals surface area (Å²) < 4.78 is 0. The highest BCUT2D eigenvalue weighted by Gasteiger charge is 2.37. The first-order valence-corrected chi connectivity index (χ1v) is 6.58. The highest BCUT2D eigenvalue weighted by Crippen LogP contribution is 2.22. The van der Waals surface area contributed by atoms with Crippen LogP contribution in [0.15, 0.2) is 0 Å². The van der Waals surface area contributed by atoms with Gasteiger partial charge in [0.05, 0.1) is 5.92 Å². The van der Waals surface area contributed by atoms with Crippen molar-refractivity contribution in [2.75, 3.05) is 19.6 Å². The van der Waals surface area contributed by atoms with Gasteiger partial charge in [-0.15, -0.1) is 0 Å². The van der Waals surface area contributed by atoms with E-state index in [-0.39, 0.29) is 12.6 Å². The molecule has 2 rings (SSSR count). The molecule has 2 aliphatic heterocycles. The van der Waals surface area contributed by atoms with Gasteiger partial charge in [-0.05, 0) is 25.7 Å². The number of primary amides is 1. The molecule has 7 nitrogen and oxygen atoms in total. The van der Waals surface area contributed by atoms with E-state index in [0.29, 0.717) is 25.9 Å². The maximum Gasteiger partial charge on any atom is 0.320 e. The summed E-state index contributed by atoms with van der Waals surface area (Å²) in [6.07, 6.45) is 2.80. The molecule has 0 aliphatic carbocycles. The first-order chi connectivity index (χ1) is 9.00. The molecular weight excluding hydrogens is 250 g/mol. The molecule has 2 saturated heterocycles. The topological polar surface area (TPSA) is 104 Å². The number of carbonyl (C=O) groups is 3. The number of carboxylic acids is 1. The molecule has 19 heavy (non-hydrogen) atoms. The highest BCUT2D eigenvalue weighted by molar-refractivity contribution is 5.86. The summed E-state index contributed by atoms with van der Waals surface area (Å²) in [5.41, 5.74) is 5.32. The number of likely N-dealkylation sites (tertiary alicyclic amines) is 2. The minimum atomic E-state index is -0.875. The van der Waals surface area contributed by atoms with Crippen molar-refractivity contribution < 1.29 is 19.5 Å². The number of carboxylic acid groups (broad SMARTS) is 1. The number of piperidine rings is 1. The minimum absolute atomic E-state index is 0.218. The van der Waals surface area contributed by atoms with Crippen molar-refractivity contribution >= 4 is 17.9 Å². The molecule has 3 N–H and O–H groups in total. The number of aliphatic carboxylic acids is 1. The van der Waals surface area contributed by atoms with Crippen LogP contribution in [0.25, 0.3) is 0 Å². The van der Waals surface area contributed by atoms with Crippen LogP contribution in [0, 0.1) is 5.92 Å². The van der Waals surface area contributed by atoms with E-state index >= 15 is 0 Å². The van der Waals surface area contributed by atoms with Crippen molar-refractivity contribution in [3.05, 3.63) is 0 Å². The van der Waals surface area contributed by atoms with Crippen LogP contribution in [-0.4, -0.2) is 58.5 Å². The third-order valence-electron chi connectivity index (χ3n) is 3.88. The number of nitrogens with zero attached hydrogens (tertiary/aromatic N) is 2. The van der Waals surface area contributed by atoms with Gasteiger partial charge in [0.2, 0.25) is 5.91 Å². The molecule has 2 fully saturated rings. The van der Waals surface area contributed by atoms with Gasteiger partial charge in [0.15, 0.2) is 0 Å². The zero-order valence-corrected chi connectivity index (χ0v) is 10.7. The van der Waals surface area contributed by atoms with Crippen LogP contribution in [0.4, 0.5) is 4.79 Å². The standard InChI is InChI=1S/C12H19N3O4/c13-10(16)9-3-1-2-5-15(9)12(19)14-6-4-8(7-14)11(17)18/h8-9H,1-7H2,(H2,13,16)(H,17,18). The largest absolute Gasteiger partial charge is 0.481 e. The summed E-state index contributed by atoms with van der Waals surface area (Å²) in [6.45, 7) is 1.16. The summed E-state index contributed by atoms with van der Waals surface area (Å²) in [6, 6.07) is -0.808. The van der Waals surface area contributed by atoms with Crippen LogP contribution < -0.4 is 5.73 Å². The molecule has 2 unspecified atom stereocenters. The van der Waals surface area contributed by atoms with Gasteiger partial charge in [-0.25, -0.2) is 4.79 Å². The maximum atomic E-state index is 12.3. The third-order valence-corrected chi connectivity index (χ3v) is 3.88. The molecule has 0 radical (unpaired) electrons. The van der Waals surface area contributed by atoms with E-state index in [2.05, 4.69) is 0 Å². The van der Waals surface area contributed by atoms with Gasteiger partial charge in [-0.1, -0.05) is 0 Å². The smallest absolute Gasteiger partial charge is 0.320 e. The second-order valence-electron chi connectivity index (χ2n) is 5.16. The van der Waals surface area contributed by atoms with Gasteiger partial charge in [0, 0.05) is 19.6 Å². The first-order valence-electron chi connectivity index (χ1n) is 6.58. The number of amides is 3. The van der Waals surface area contributed by atoms with Crippen molar-refractivity contribution in [1.82, 2.24) is 9.80 Å². The second kappa shape index (κ2) is 5.46. The second-order valence-corrected chi connectivity index (χ2v) is 5.16. The van der Waals surface area contributed by atoms with Crippen molar-refractivity contribution in [1.29, 1.82) is 0 Å². The highest BCUT2D eigenvalue weighted by atomic mass is 16.4. The fourth-order valence-corrected chi connectivity index (χ4v) is 2.77. The minimum Gasteiger partial charge on any atom is -0.481 e. The Morgan fingerprint density at radius 1 is 1.11 bits per heavy atom. The fraction of sp³-hybridized carbons (Fsp3) is 0.750. The lowest BCUT2D eigenvalue weighted by molar-refractivity contribution is -0.141. The first kappa shape index (κ1) is 13.6. The molecule has 2 aliphatic rings. The number of hydrogen-bond donors (Lipinski definition) is 2. The zero-order valence-electron chi connectivity index (χ0n) is 10.7. The van der Waals surface area contributed by atoms with Gasteiger partial charge < -0.3 is 20.6 Å². The number of urea groups is 1. The molecule has 7 heteroatoms. The van der Waals surface area contributed by atoms with Crippen LogP contribution in [0.3, 0.4) is 0 Å². The Bertz CT molecular complexity index is 398. The summed E-state index contributed by atoms with van der Waals surface area (Å²) in [5.74, 6) is -1.86. The Labute approximate surface area is 111 Å². The Morgan fingerprint density at radius 3 is 2.42 bits per heavy atom. The molecule has 3 amide bonds. The average Bonchev–Trinajstić information content (AvgIpc) is 2.87. The Balaban J connectivity index is 2.02. The van der Waals surface area contributed by atoms with E-state index in [0.717, 1.165) is 12.8 Å².